The fourth-order valence-electron chi connectivity index (χ4n) is 3.41. The molecular weight excluding hydrogens is 399 g/mol. The summed E-state index contributed by atoms with van der Waals surface area (Å²) in [5, 5.41) is 6.09. The number of hydrogen-bond acceptors (Lipinski definition) is 2. The first-order chi connectivity index (χ1) is 14.0. The van der Waals surface area contributed by atoms with Gasteiger partial charge in [0.15, 0.2) is 5.82 Å². The van der Waals surface area contributed by atoms with Crippen molar-refractivity contribution in [3.63, 3.8) is 0 Å². The minimum atomic E-state index is -0.755. The lowest BCUT2D eigenvalue weighted by Crippen LogP contribution is -1.98. The molecule has 0 N–H and O–H groups in total. The highest BCUT2D eigenvalue weighted by Crippen LogP contribution is 2.35. The van der Waals surface area contributed by atoms with Gasteiger partial charge in [-0.05, 0) is 54.6 Å². The van der Waals surface area contributed by atoms with Gasteiger partial charge in [-0.2, -0.15) is 5.10 Å². The van der Waals surface area contributed by atoms with Gasteiger partial charge in [0.2, 0.25) is 0 Å². The number of aromatic nitrogens is 3. The Kier molecular flexibility index (Phi) is 4.03. The van der Waals surface area contributed by atoms with Crippen LogP contribution < -0.4 is 0 Å². The molecule has 0 aliphatic heterocycles. The summed E-state index contributed by atoms with van der Waals surface area (Å²) in [6.45, 7) is 0. The molecule has 0 radical (unpaired) electrons. The van der Waals surface area contributed by atoms with E-state index < -0.39 is 11.6 Å². The van der Waals surface area contributed by atoms with Crippen LogP contribution in [0.2, 0.25) is 5.02 Å². The van der Waals surface area contributed by atoms with Crippen molar-refractivity contribution in [3.8, 4) is 16.9 Å². The third-order valence-corrected chi connectivity index (χ3v) is 4.97. The van der Waals surface area contributed by atoms with Crippen LogP contribution in [0.1, 0.15) is 0 Å². The first-order valence-corrected chi connectivity index (χ1v) is 9.07. The molecule has 2 aromatic heterocycles. The zero-order valence-electron chi connectivity index (χ0n) is 14.7. The molecule has 3 aromatic carbocycles. The van der Waals surface area contributed by atoms with Crippen LogP contribution in [0.15, 0.2) is 66.9 Å². The average Bonchev–Trinajstić information content (AvgIpc) is 3.09. The first-order valence-electron chi connectivity index (χ1n) is 8.69. The lowest BCUT2D eigenvalue weighted by atomic mass is 10.1. The Bertz CT molecular complexity index is 1380. The van der Waals surface area contributed by atoms with Gasteiger partial charge in [0.25, 0.3) is 0 Å². The maximum atomic E-state index is 14.3. The van der Waals surface area contributed by atoms with Gasteiger partial charge >= 0.3 is 0 Å². The number of halogens is 4. The second kappa shape index (κ2) is 6.60. The van der Waals surface area contributed by atoms with Crippen LogP contribution >= 0.6 is 11.6 Å². The Labute approximate surface area is 168 Å². The van der Waals surface area contributed by atoms with Crippen LogP contribution in [0.25, 0.3) is 38.8 Å². The van der Waals surface area contributed by atoms with E-state index >= 15 is 0 Å². The number of pyridine rings is 1. The van der Waals surface area contributed by atoms with E-state index in [1.54, 1.807) is 41.1 Å². The van der Waals surface area contributed by atoms with E-state index in [0.29, 0.717) is 32.9 Å². The van der Waals surface area contributed by atoms with Gasteiger partial charge in [-0.3, -0.25) is 4.98 Å². The maximum absolute atomic E-state index is 14.3. The Morgan fingerprint density at radius 3 is 2.24 bits per heavy atom. The summed E-state index contributed by atoms with van der Waals surface area (Å²) < 4.78 is 43.4. The highest BCUT2D eigenvalue weighted by atomic mass is 35.5. The standard InChI is InChI=1S/C22H11ClF3N3/c23-13-3-7-16(8-4-13)29-22-17-9-15(25)10-19(26)21(17)27-11-18(22)20(28-29)12-1-5-14(24)6-2-12/h1-11H. The monoisotopic (exact) mass is 409 g/mol. The van der Waals surface area contributed by atoms with E-state index in [0.717, 1.165) is 6.07 Å². The molecule has 0 aliphatic rings. The second-order valence-corrected chi connectivity index (χ2v) is 6.98. The fourth-order valence-corrected chi connectivity index (χ4v) is 3.53. The van der Waals surface area contributed by atoms with Crippen molar-refractivity contribution in [1.82, 2.24) is 14.8 Å². The molecule has 0 saturated heterocycles. The minimum absolute atomic E-state index is 0.0414. The van der Waals surface area contributed by atoms with E-state index in [2.05, 4.69) is 10.1 Å². The van der Waals surface area contributed by atoms with Crippen LogP contribution in [0.5, 0.6) is 0 Å². The highest BCUT2D eigenvalue weighted by Gasteiger charge is 2.19. The quantitative estimate of drug-likeness (QED) is 0.342. The Hall–Kier alpha value is -3.38. The third kappa shape index (κ3) is 2.93. The van der Waals surface area contributed by atoms with Gasteiger partial charge in [0.1, 0.15) is 22.8 Å². The van der Waals surface area contributed by atoms with Crippen molar-refractivity contribution < 1.29 is 13.2 Å². The molecule has 0 unspecified atom stereocenters. The molecule has 29 heavy (non-hydrogen) atoms. The van der Waals surface area contributed by atoms with Gasteiger partial charge < -0.3 is 0 Å². The van der Waals surface area contributed by atoms with Gasteiger partial charge in [0.05, 0.1) is 11.2 Å². The lowest BCUT2D eigenvalue weighted by Gasteiger charge is -2.07. The molecular formula is C22H11ClF3N3. The molecule has 5 aromatic rings. The molecule has 0 aliphatic carbocycles. The van der Waals surface area contributed by atoms with Crippen molar-refractivity contribution in [2.24, 2.45) is 0 Å². The molecule has 0 bridgehead atoms. The van der Waals surface area contributed by atoms with Gasteiger partial charge in [-0.25, -0.2) is 17.9 Å². The molecule has 0 amide bonds. The third-order valence-electron chi connectivity index (χ3n) is 4.72. The van der Waals surface area contributed by atoms with E-state index in [1.807, 2.05) is 0 Å². The van der Waals surface area contributed by atoms with Gasteiger partial charge in [-0.1, -0.05) is 11.6 Å². The summed E-state index contributed by atoms with van der Waals surface area (Å²) in [4.78, 5) is 4.18. The van der Waals surface area contributed by atoms with Gasteiger partial charge in [-0.15, -0.1) is 0 Å². The fraction of sp³-hybridized carbons (Fsp3) is 0. The zero-order chi connectivity index (χ0) is 20.1. The molecule has 2 heterocycles. The van der Waals surface area contributed by atoms with E-state index in [-0.39, 0.29) is 16.7 Å². The predicted octanol–water partition coefficient (Wildman–Crippen LogP) is 6.31. The molecule has 0 fully saturated rings. The van der Waals surface area contributed by atoms with Crippen LogP contribution in [-0.4, -0.2) is 14.8 Å². The zero-order valence-corrected chi connectivity index (χ0v) is 15.5. The highest BCUT2D eigenvalue weighted by molar-refractivity contribution is 6.30. The Morgan fingerprint density at radius 2 is 1.52 bits per heavy atom. The summed E-state index contributed by atoms with van der Waals surface area (Å²) in [7, 11) is 0. The van der Waals surface area contributed by atoms with E-state index in [1.165, 1.54) is 24.4 Å². The molecule has 5 rings (SSSR count). The van der Waals surface area contributed by atoms with Crippen molar-refractivity contribution in [2.45, 2.75) is 0 Å². The maximum Gasteiger partial charge on any atom is 0.152 e. The van der Waals surface area contributed by atoms with Crippen LogP contribution in [0, 0.1) is 17.5 Å². The summed E-state index contributed by atoms with van der Waals surface area (Å²) in [5.41, 5.74) is 2.37. The van der Waals surface area contributed by atoms with Crippen molar-refractivity contribution in [2.75, 3.05) is 0 Å². The van der Waals surface area contributed by atoms with Gasteiger partial charge in [0, 0.05) is 33.6 Å². The molecule has 7 heteroatoms. The number of fused-ring (bicyclic) bond motifs is 3. The SMILES string of the molecule is Fc1ccc(-c2nn(-c3ccc(Cl)cc3)c3c2cnc2c(F)cc(F)cc23)cc1. The van der Waals surface area contributed by atoms with E-state index in [9.17, 15) is 13.2 Å². The van der Waals surface area contributed by atoms with Crippen LogP contribution in [-0.2, 0) is 0 Å². The average molecular weight is 410 g/mol. The predicted molar refractivity (Wildman–Crippen MR) is 107 cm³/mol. The number of benzene rings is 3. The van der Waals surface area contributed by atoms with Crippen molar-refractivity contribution >= 4 is 33.4 Å². The molecule has 0 atom stereocenters. The van der Waals surface area contributed by atoms with Crippen LogP contribution in [0.3, 0.4) is 0 Å². The largest absolute Gasteiger partial charge is 0.252 e. The minimum Gasteiger partial charge on any atom is -0.252 e. The number of rotatable bonds is 2. The normalized spacial score (nSPS) is 11.4. The number of nitrogens with zero attached hydrogens (tertiary/aromatic N) is 3. The Balaban J connectivity index is 1.92. The first kappa shape index (κ1) is 17.7. The summed E-state index contributed by atoms with van der Waals surface area (Å²) in [6.07, 6.45) is 1.50. The number of hydrogen-bond donors (Lipinski definition) is 0. The molecule has 0 spiro atoms. The van der Waals surface area contributed by atoms with E-state index in [4.69, 9.17) is 11.6 Å². The summed E-state index contributed by atoms with van der Waals surface area (Å²) >= 11 is 6.00. The smallest absolute Gasteiger partial charge is 0.152 e. The lowest BCUT2D eigenvalue weighted by molar-refractivity contribution is 0.590. The molecule has 142 valence electrons. The summed E-state index contributed by atoms with van der Waals surface area (Å²) in [5.74, 6) is -1.84. The topological polar surface area (TPSA) is 30.7 Å². The van der Waals surface area contributed by atoms with Crippen molar-refractivity contribution in [3.05, 3.63) is 89.3 Å². The van der Waals surface area contributed by atoms with Crippen molar-refractivity contribution in [1.29, 1.82) is 0 Å². The Morgan fingerprint density at radius 1 is 0.793 bits per heavy atom. The second-order valence-electron chi connectivity index (χ2n) is 6.55. The molecule has 0 saturated carbocycles. The summed E-state index contributed by atoms with van der Waals surface area (Å²) in [6, 6.07) is 14.8. The van der Waals surface area contributed by atoms with Crippen LogP contribution in [0.4, 0.5) is 13.2 Å². The molecule has 3 nitrogen and oxygen atoms in total.